The van der Waals surface area contributed by atoms with Crippen LogP contribution in [0.1, 0.15) is 47.7 Å². The van der Waals surface area contributed by atoms with Crippen LogP contribution in [0.2, 0.25) is 0 Å². The number of hydrogen-bond donors (Lipinski definition) is 2. The fourth-order valence-electron chi connectivity index (χ4n) is 4.33. The number of carbonyl (C=O) groups excluding carboxylic acids is 3. The van der Waals surface area contributed by atoms with Crippen molar-refractivity contribution in [3.05, 3.63) is 65.2 Å². The summed E-state index contributed by atoms with van der Waals surface area (Å²) in [4.78, 5) is 41.6. The Morgan fingerprint density at radius 1 is 1.03 bits per heavy atom. The van der Waals surface area contributed by atoms with Crippen molar-refractivity contribution in [1.29, 1.82) is 0 Å². The molecule has 4 amide bonds. The molecule has 0 atom stereocenters. The second kappa shape index (κ2) is 11.6. The monoisotopic (exact) mass is 450 g/mol. The average molecular weight is 451 g/mol. The second-order valence-electron chi connectivity index (χ2n) is 8.68. The number of nitrogens with zero attached hydrogens (tertiary/aromatic N) is 2. The molecule has 0 spiro atoms. The summed E-state index contributed by atoms with van der Waals surface area (Å²) in [6.07, 6.45) is 2.52. The third kappa shape index (κ3) is 6.89. The topological polar surface area (TPSA) is 81.8 Å². The van der Waals surface area contributed by atoms with E-state index in [0.29, 0.717) is 24.3 Å². The Bertz CT molecular complexity index is 969. The van der Waals surface area contributed by atoms with Crippen LogP contribution in [-0.2, 0) is 4.79 Å². The zero-order chi connectivity index (χ0) is 23.8. The van der Waals surface area contributed by atoms with Gasteiger partial charge in [-0.3, -0.25) is 19.8 Å². The minimum absolute atomic E-state index is 0.0527. The van der Waals surface area contributed by atoms with E-state index in [4.69, 9.17) is 0 Å². The minimum atomic E-state index is -0.522. The van der Waals surface area contributed by atoms with Crippen molar-refractivity contribution in [2.75, 3.05) is 31.5 Å². The van der Waals surface area contributed by atoms with Crippen LogP contribution in [0.25, 0.3) is 0 Å². The lowest BCUT2D eigenvalue weighted by Crippen LogP contribution is -2.50. The van der Waals surface area contributed by atoms with Gasteiger partial charge in [0.15, 0.2) is 0 Å². The lowest BCUT2D eigenvalue weighted by Gasteiger charge is -2.38. The molecular formula is C26H34N4O3. The number of urea groups is 1. The van der Waals surface area contributed by atoms with Crippen LogP contribution >= 0.6 is 0 Å². The van der Waals surface area contributed by atoms with Gasteiger partial charge in [-0.1, -0.05) is 42.8 Å². The van der Waals surface area contributed by atoms with Gasteiger partial charge in [0.2, 0.25) is 5.91 Å². The Morgan fingerprint density at radius 3 is 2.36 bits per heavy atom. The summed E-state index contributed by atoms with van der Waals surface area (Å²) in [5.41, 5.74) is 3.45. The van der Waals surface area contributed by atoms with Crippen molar-refractivity contribution in [2.45, 2.75) is 46.1 Å². The van der Waals surface area contributed by atoms with Crippen LogP contribution in [-0.4, -0.2) is 59.9 Å². The van der Waals surface area contributed by atoms with E-state index in [2.05, 4.69) is 22.5 Å². The highest BCUT2D eigenvalue weighted by Gasteiger charge is 2.28. The number of piperidine rings is 1. The molecule has 1 heterocycles. The zero-order valence-corrected chi connectivity index (χ0v) is 19.8. The average Bonchev–Trinajstić information content (AvgIpc) is 2.81. The number of likely N-dealkylation sites (tertiary alicyclic amines) is 1. The predicted molar refractivity (Wildman–Crippen MR) is 130 cm³/mol. The van der Waals surface area contributed by atoms with Gasteiger partial charge in [0.25, 0.3) is 5.91 Å². The summed E-state index contributed by atoms with van der Waals surface area (Å²) in [6.45, 7) is 8.23. The smallest absolute Gasteiger partial charge is 0.325 e. The predicted octanol–water partition coefficient (Wildman–Crippen LogP) is 3.97. The van der Waals surface area contributed by atoms with Gasteiger partial charge in [-0.25, -0.2) is 4.79 Å². The first-order chi connectivity index (χ1) is 15.9. The summed E-state index contributed by atoms with van der Waals surface area (Å²) >= 11 is 0. The highest BCUT2D eigenvalue weighted by Crippen LogP contribution is 2.19. The molecule has 176 valence electrons. The highest BCUT2D eigenvalue weighted by molar-refractivity contribution is 6.02. The van der Waals surface area contributed by atoms with Crippen molar-refractivity contribution in [3.8, 4) is 0 Å². The summed E-state index contributed by atoms with van der Waals surface area (Å²) in [6, 6.07) is 14.7. The molecule has 2 aromatic rings. The molecule has 0 aliphatic carbocycles. The Kier molecular flexibility index (Phi) is 8.60. The minimum Gasteiger partial charge on any atom is -0.339 e. The fraction of sp³-hybridized carbons (Fsp3) is 0.423. The molecule has 0 bridgehead atoms. The highest BCUT2D eigenvalue weighted by atomic mass is 16.2. The Labute approximate surface area is 196 Å². The summed E-state index contributed by atoms with van der Waals surface area (Å²) in [7, 11) is 0. The first-order valence-electron chi connectivity index (χ1n) is 11.6. The number of nitrogens with one attached hydrogen (secondary N) is 2. The third-order valence-electron chi connectivity index (χ3n) is 6.03. The molecule has 2 N–H and O–H groups in total. The van der Waals surface area contributed by atoms with Crippen LogP contribution in [0.3, 0.4) is 0 Å². The van der Waals surface area contributed by atoms with Gasteiger partial charge in [0.1, 0.15) is 0 Å². The maximum atomic E-state index is 12.7. The zero-order valence-electron chi connectivity index (χ0n) is 19.8. The number of amides is 4. The first kappa shape index (κ1) is 24.5. The van der Waals surface area contributed by atoms with Crippen LogP contribution in [0.15, 0.2) is 48.5 Å². The number of rotatable bonds is 7. The van der Waals surface area contributed by atoms with E-state index in [9.17, 15) is 14.4 Å². The van der Waals surface area contributed by atoms with Crippen molar-refractivity contribution in [3.63, 3.8) is 0 Å². The van der Waals surface area contributed by atoms with Crippen molar-refractivity contribution in [1.82, 2.24) is 15.1 Å². The molecule has 0 unspecified atom stereocenters. The van der Waals surface area contributed by atoms with Gasteiger partial charge < -0.3 is 10.2 Å². The molecule has 1 aliphatic rings. The fourth-order valence-corrected chi connectivity index (χ4v) is 4.33. The van der Waals surface area contributed by atoms with Crippen molar-refractivity contribution < 1.29 is 14.4 Å². The number of anilines is 1. The molecule has 33 heavy (non-hydrogen) atoms. The van der Waals surface area contributed by atoms with Crippen LogP contribution in [0.4, 0.5) is 10.5 Å². The van der Waals surface area contributed by atoms with E-state index < -0.39 is 6.03 Å². The van der Waals surface area contributed by atoms with Crippen molar-refractivity contribution >= 4 is 23.5 Å². The van der Waals surface area contributed by atoms with Crippen LogP contribution in [0, 0.1) is 13.8 Å². The molecule has 7 heteroatoms. The largest absolute Gasteiger partial charge is 0.339 e. The second-order valence-corrected chi connectivity index (χ2v) is 8.68. The van der Waals surface area contributed by atoms with E-state index in [1.165, 1.54) is 0 Å². The molecule has 2 aromatic carbocycles. The number of hydrogen-bond acceptors (Lipinski definition) is 4. The Balaban J connectivity index is 1.51. The molecule has 0 aromatic heterocycles. The summed E-state index contributed by atoms with van der Waals surface area (Å²) < 4.78 is 0. The van der Waals surface area contributed by atoms with Gasteiger partial charge in [0, 0.05) is 30.4 Å². The van der Waals surface area contributed by atoms with E-state index in [1.54, 1.807) is 0 Å². The number of carbonyl (C=O) groups is 3. The summed E-state index contributed by atoms with van der Waals surface area (Å²) in [5, 5.41) is 5.20. The van der Waals surface area contributed by atoms with Gasteiger partial charge >= 0.3 is 6.03 Å². The number of benzene rings is 2. The maximum Gasteiger partial charge on any atom is 0.325 e. The number of aryl methyl sites for hydroxylation is 2. The molecule has 0 saturated carbocycles. The lowest BCUT2D eigenvalue weighted by molar-refractivity contribution is -0.121. The van der Waals surface area contributed by atoms with E-state index in [-0.39, 0.29) is 24.4 Å². The lowest BCUT2D eigenvalue weighted by atomic mass is 10.0. The molecule has 1 fully saturated rings. The molecule has 1 saturated heterocycles. The van der Waals surface area contributed by atoms with Gasteiger partial charge in [-0.2, -0.15) is 0 Å². The Morgan fingerprint density at radius 2 is 1.73 bits per heavy atom. The first-order valence-corrected chi connectivity index (χ1v) is 11.6. The third-order valence-corrected chi connectivity index (χ3v) is 6.03. The number of imide groups is 1. The van der Waals surface area contributed by atoms with Gasteiger partial charge in [0.05, 0.1) is 6.54 Å². The summed E-state index contributed by atoms with van der Waals surface area (Å²) in [5.74, 6) is -0.273. The molecule has 0 radical (unpaired) electrons. The molecular weight excluding hydrogens is 416 g/mol. The van der Waals surface area contributed by atoms with Crippen LogP contribution < -0.4 is 10.6 Å². The van der Waals surface area contributed by atoms with E-state index >= 15 is 0 Å². The Hall–Kier alpha value is -3.19. The van der Waals surface area contributed by atoms with E-state index in [0.717, 1.165) is 36.9 Å². The maximum absolute atomic E-state index is 12.7. The molecule has 7 nitrogen and oxygen atoms in total. The van der Waals surface area contributed by atoms with Crippen LogP contribution in [0.5, 0.6) is 0 Å². The quantitative estimate of drug-likeness (QED) is 0.669. The molecule has 3 rings (SSSR count). The normalized spacial score (nSPS) is 14.2. The standard InChI is InChI=1S/C26H34N4O3/c1-4-14-30(18-24(31)28-26(33)27-23-11-10-19(2)17-20(23)3)22-12-15-29(16-13-22)25(32)21-8-6-5-7-9-21/h5-11,17,22H,4,12-16,18H2,1-3H3,(H2,27,28,31,33). The van der Waals surface area contributed by atoms with E-state index in [1.807, 2.05) is 67.3 Å². The van der Waals surface area contributed by atoms with Gasteiger partial charge in [-0.15, -0.1) is 0 Å². The SMILES string of the molecule is CCCN(CC(=O)NC(=O)Nc1ccc(C)cc1C)C1CCN(C(=O)c2ccccc2)CC1. The molecule has 1 aliphatic heterocycles. The van der Waals surface area contributed by atoms with Crippen molar-refractivity contribution in [2.24, 2.45) is 0 Å². The van der Waals surface area contributed by atoms with Gasteiger partial charge in [-0.05, 0) is 63.4 Å².